The molecule has 0 saturated carbocycles. The molecule has 0 spiro atoms. The number of nitrogens with zero attached hydrogens (tertiary/aromatic N) is 4. The minimum atomic E-state index is -3.90. The summed E-state index contributed by atoms with van der Waals surface area (Å²) < 4.78 is 43.4. The summed E-state index contributed by atoms with van der Waals surface area (Å²) in [6, 6.07) is 6.42. The molecule has 2 saturated heterocycles. The molecule has 156 valence electrons. The number of amides is 1. The molecular weight excluding hydrogens is 414 g/mol. The number of hydrogen-bond donors (Lipinski definition) is 1. The Morgan fingerprint density at radius 1 is 1.17 bits per heavy atom. The van der Waals surface area contributed by atoms with Crippen LogP contribution in [0.1, 0.15) is 11.8 Å². The molecule has 2 aliphatic heterocycles. The second-order valence-electron chi connectivity index (χ2n) is 6.99. The Morgan fingerprint density at radius 3 is 2.73 bits per heavy atom. The highest BCUT2D eigenvalue weighted by atomic mass is 32.2. The highest BCUT2D eigenvalue weighted by Crippen LogP contribution is 2.46. The van der Waals surface area contributed by atoms with E-state index < -0.39 is 22.4 Å². The van der Waals surface area contributed by atoms with Gasteiger partial charge >= 0.3 is 0 Å². The molecule has 2 fully saturated rings. The van der Waals surface area contributed by atoms with Gasteiger partial charge in [-0.25, -0.2) is 15.0 Å². The van der Waals surface area contributed by atoms with Crippen molar-refractivity contribution in [2.75, 3.05) is 11.9 Å². The molecule has 4 heterocycles. The molecule has 1 amide bonds. The van der Waals surface area contributed by atoms with E-state index >= 15 is 0 Å². The fourth-order valence-electron chi connectivity index (χ4n) is 3.49. The van der Waals surface area contributed by atoms with Crippen LogP contribution >= 0.6 is 0 Å². The number of carbonyl (C=O) groups excluding carboxylic acids is 1. The summed E-state index contributed by atoms with van der Waals surface area (Å²) in [5.74, 6) is 0.282. The van der Waals surface area contributed by atoms with Gasteiger partial charge in [-0.1, -0.05) is 17.7 Å². The van der Waals surface area contributed by atoms with Gasteiger partial charge in [0.15, 0.2) is 23.2 Å². The number of aryl methyl sites for hydroxylation is 1. The Kier molecular flexibility index (Phi) is 4.50. The zero-order valence-electron chi connectivity index (χ0n) is 15.7. The van der Waals surface area contributed by atoms with Crippen LogP contribution in [0.4, 0.5) is 5.82 Å². The number of epoxide rings is 1. The van der Waals surface area contributed by atoms with Crippen LogP contribution in [-0.2, 0) is 28.6 Å². The Morgan fingerprint density at radius 2 is 1.97 bits per heavy atom. The number of aromatic nitrogens is 4. The third-order valence-electron chi connectivity index (χ3n) is 5.05. The summed E-state index contributed by atoms with van der Waals surface area (Å²) >= 11 is 0. The molecule has 0 bridgehead atoms. The summed E-state index contributed by atoms with van der Waals surface area (Å²) in [5, 5.41) is 2.47. The van der Waals surface area contributed by atoms with Gasteiger partial charge in [0.2, 0.25) is 6.41 Å². The molecule has 0 unspecified atom stereocenters. The quantitative estimate of drug-likeness (QED) is 0.326. The minimum absolute atomic E-state index is 0.0865. The van der Waals surface area contributed by atoms with Crippen molar-refractivity contribution < 1.29 is 26.9 Å². The monoisotopic (exact) mass is 431 g/mol. The van der Waals surface area contributed by atoms with E-state index in [0.717, 1.165) is 5.56 Å². The van der Waals surface area contributed by atoms with E-state index in [0.29, 0.717) is 17.6 Å². The van der Waals surface area contributed by atoms with Crippen molar-refractivity contribution in [2.24, 2.45) is 0 Å². The van der Waals surface area contributed by atoms with Gasteiger partial charge in [0.05, 0.1) is 17.8 Å². The van der Waals surface area contributed by atoms with Gasteiger partial charge in [-0.2, -0.15) is 8.42 Å². The number of fused-ring (bicyclic) bond motifs is 2. The van der Waals surface area contributed by atoms with Crippen LogP contribution in [0.2, 0.25) is 0 Å². The second kappa shape index (κ2) is 7.09. The molecule has 11 nitrogen and oxygen atoms in total. The predicted molar refractivity (Wildman–Crippen MR) is 102 cm³/mol. The number of hydrogen-bond acceptors (Lipinski definition) is 9. The first-order chi connectivity index (χ1) is 14.5. The Hall–Kier alpha value is -2.93. The summed E-state index contributed by atoms with van der Waals surface area (Å²) in [6.45, 7) is 1.70. The molecule has 1 N–H and O–H groups in total. The molecule has 5 rings (SSSR count). The van der Waals surface area contributed by atoms with Crippen LogP contribution in [0.15, 0.2) is 41.8 Å². The lowest BCUT2D eigenvalue weighted by Gasteiger charge is -2.18. The highest BCUT2D eigenvalue weighted by Gasteiger charge is 2.59. The lowest BCUT2D eigenvalue weighted by molar-refractivity contribution is -0.105. The number of imidazole rings is 1. The first-order valence-corrected chi connectivity index (χ1v) is 10.5. The van der Waals surface area contributed by atoms with E-state index in [1.54, 1.807) is 16.7 Å². The Labute approximate surface area is 171 Å². The van der Waals surface area contributed by atoms with E-state index in [1.165, 1.54) is 24.8 Å². The van der Waals surface area contributed by atoms with Crippen LogP contribution in [-0.4, -0.2) is 59.3 Å². The molecule has 0 radical (unpaired) electrons. The number of anilines is 1. The molecule has 1 aromatic carbocycles. The summed E-state index contributed by atoms with van der Waals surface area (Å²) in [4.78, 5) is 23.3. The largest absolute Gasteiger partial charge is 0.362 e. The van der Waals surface area contributed by atoms with Crippen molar-refractivity contribution in [3.05, 3.63) is 42.5 Å². The topological polar surface area (TPSA) is 138 Å². The minimum Gasteiger partial charge on any atom is -0.362 e. The second-order valence-corrected chi connectivity index (χ2v) is 8.61. The van der Waals surface area contributed by atoms with Crippen LogP contribution in [0.25, 0.3) is 11.2 Å². The third-order valence-corrected chi connectivity index (χ3v) is 6.34. The summed E-state index contributed by atoms with van der Waals surface area (Å²) in [5.41, 5.74) is 1.82. The fraction of sp³-hybridized carbons (Fsp3) is 0.333. The lowest BCUT2D eigenvalue weighted by Crippen LogP contribution is -2.25. The van der Waals surface area contributed by atoms with E-state index in [9.17, 15) is 13.2 Å². The van der Waals surface area contributed by atoms with Crippen LogP contribution in [0.5, 0.6) is 0 Å². The van der Waals surface area contributed by atoms with Crippen LogP contribution < -0.4 is 5.32 Å². The van der Waals surface area contributed by atoms with E-state index in [4.69, 9.17) is 13.7 Å². The highest BCUT2D eigenvalue weighted by molar-refractivity contribution is 7.86. The SMILES string of the molecule is Cc1ccc(S(=O)(=O)OC[C@H]2O[C@@H](n3cnc4c(NC=O)ncnc43)[C@@H]3O[C@@H]32)cc1. The van der Waals surface area contributed by atoms with Gasteiger partial charge in [-0.15, -0.1) is 0 Å². The maximum atomic E-state index is 12.4. The molecule has 2 aromatic heterocycles. The van der Waals surface area contributed by atoms with Crippen molar-refractivity contribution >= 4 is 33.5 Å². The third kappa shape index (κ3) is 3.23. The number of nitrogens with one attached hydrogen (secondary N) is 1. The zero-order chi connectivity index (χ0) is 20.9. The molecular formula is C18H17N5O6S. The molecule has 3 aromatic rings. The van der Waals surface area contributed by atoms with Gasteiger partial charge in [0.25, 0.3) is 10.1 Å². The first-order valence-electron chi connectivity index (χ1n) is 9.13. The average molecular weight is 431 g/mol. The van der Waals surface area contributed by atoms with E-state index in [2.05, 4.69) is 20.3 Å². The standard InChI is InChI=1S/C18H17N5O6S/c1-10-2-4-11(5-3-10)30(25,26)27-6-12-14-15(29-14)18(28-12)23-8-21-13-16(22-9-24)19-7-20-17(13)23/h2-5,7-9,12,14-15,18H,6H2,1H3,(H,19,20,22,24)/t12-,14-,15-,18-/m1/s1. The van der Waals surface area contributed by atoms with Crippen molar-refractivity contribution in [2.45, 2.75) is 36.4 Å². The normalized spacial score (nSPS) is 25.2. The van der Waals surface area contributed by atoms with Crippen LogP contribution in [0.3, 0.4) is 0 Å². The van der Waals surface area contributed by atoms with Crippen molar-refractivity contribution in [1.29, 1.82) is 0 Å². The number of benzene rings is 1. The molecule has 12 heteroatoms. The Bertz CT molecular complexity index is 1210. The fourth-order valence-corrected chi connectivity index (χ4v) is 4.40. The van der Waals surface area contributed by atoms with E-state index in [1.807, 2.05) is 6.92 Å². The van der Waals surface area contributed by atoms with Crippen molar-refractivity contribution in [3.8, 4) is 0 Å². The number of carbonyl (C=O) groups is 1. The predicted octanol–water partition coefficient (Wildman–Crippen LogP) is 0.773. The summed E-state index contributed by atoms with van der Waals surface area (Å²) in [7, 11) is -3.90. The number of ether oxygens (including phenoxy) is 2. The molecule has 30 heavy (non-hydrogen) atoms. The van der Waals surface area contributed by atoms with Gasteiger partial charge in [0, 0.05) is 0 Å². The molecule has 0 aliphatic carbocycles. The maximum Gasteiger partial charge on any atom is 0.297 e. The van der Waals surface area contributed by atoms with Gasteiger partial charge in [0.1, 0.15) is 24.6 Å². The Balaban J connectivity index is 1.31. The maximum absolute atomic E-state index is 12.4. The molecule has 4 atom stereocenters. The van der Waals surface area contributed by atoms with E-state index in [-0.39, 0.29) is 29.5 Å². The number of rotatable bonds is 7. The smallest absolute Gasteiger partial charge is 0.297 e. The van der Waals surface area contributed by atoms with Gasteiger partial charge < -0.3 is 14.8 Å². The van der Waals surface area contributed by atoms with Crippen molar-refractivity contribution in [1.82, 2.24) is 19.5 Å². The van der Waals surface area contributed by atoms with Gasteiger partial charge in [-0.05, 0) is 19.1 Å². The first kappa shape index (κ1) is 19.1. The lowest BCUT2D eigenvalue weighted by atomic mass is 10.2. The van der Waals surface area contributed by atoms with Crippen molar-refractivity contribution in [3.63, 3.8) is 0 Å². The van der Waals surface area contributed by atoms with Crippen LogP contribution in [0, 0.1) is 6.92 Å². The summed E-state index contributed by atoms with van der Waals surface area (Å²) in [6.07, 6.45) is 1.67. The van der Waals surface area contributed by atoms with Gasteiger partial charge in [-0.3, -0.25) is 13.5 Å². The average Bonchev–Trinajstić information content (AvgIpc) is 3.26. The zero-order valence-corrected chi connectivity index (χ0v) is 16.5. The molecule has 2 aliphatic rings.